The number of carbonyl (C=O) groups excluding carboxylic acids is 1. The lowest BCUT2D eigenvalue weighted by Crippen LogP contribution is -2.45. The third-order valence-corrected chi connectivity index (χ3v) is 16.7. The maximum atomic E-state index is 13.0. The third kappa shape index (κ3) is 63.9. The number of amides is 1. The summed E-state index contributed by atoms with van der Waals surface area (Å²) in [4.78, 5) is 23.3. The van der Waals surface area contributed by atoms with Crippen molar-refractivity contribution < 1.29 is 32.9 Å². The Morgan fingerprint density at radius 2 is 0.696 bits per heavy atom. The standard InChI is InChI=1S/C70H135N2O6P/c1-6-8-10-12-14-16-18-20-22-24-25-26-27-28-29-30-31-32-33-34-35-36-37-38-39-40-41-42-43-44-45-46-47-48-50-52-54-56-58-60-62-64-70(74)71-68(67-78-79(75,76)77-66-65-72(3,4)5)69(73)63-61-59-57-55-53-51-49-23-21-19-17-15-13-11-9-7-2/h21,23-25,53,55,61,63,68-69,73H,6-20,22,26-52,54,56-60,62,64-67H2,1-5H3,(H-,71,74,75,76)/p+1/b23-21+,25-24-,55-53+,63-61+. The number of hydrogen-bond acceptors (Lipinski definition) is 5. The van der Waals surface area contributed by atoms with Crippen LogP contribution in [0.1, 0.15) is 341 Å². The molecule has 0 aliphatic rings. The highest BCUT2D eigenvalue weighted by Crippen LogP contribution is 2.43. The summed E-state index contributed by atoms with van der Waals surface area (Å²) in [5, 5.41) is 13.9. The molecule has 0 aromatic heterocycles. The minimum Gasteiger partial charge on any atom is -0.387 e. The second-order valence-electron chi connectivity index (χ2n) is 24.9. The second kappa shape index (κ2) is 61.0. The van der Waals surface area contributed by atoms with Gasteiger partial charge in [-0.3, -0.25) is 13.8 Å². The minimum atomic E-state index is -4.36. The van der Waals surface area contributed by atoms with E-state index < -0.39 is 20.0 Å². The fourth-order valence-corrected chi connectivity index (χ4v) is 11.1. The van der Waals surface area contributed by atoms with Crippen LogP contribution in [0.2, 0.25) is 0 Å². The molecule has 0 rings (SSSR count). The molecule has 0 radical (unpaired) electrons. The van der Waals surface area contributed by atoms with Gasteiger partial charge in [0, 0.05) is 6.42 Å². The van der Waals surface area contributed by atoms with Gasteiger partial charge >= 0.3 is 7.82 Å². The van der Waals surface area contributed by atoms with E-state index in [9.17, 15) is 19.4 Å². The number of carbonyl (C=O) groups is 1. The third-order valence-electron chi connectivity index (χ3n) is 15.7. The first-order chi connectivity index (χ1) is 38.5. The zero-order valence-corrected chi connectivity index (χ0v) is 54.3. The Balaban J connectivity index is 3.88. The van der Waals surface area contributed by atoms with Crippen molar-refractivity contribution in [1.82, 2.24) is 5.32 Å². The maximum Gasteiger partial charge on any atom is 0.472 e. The Hall–Kier alpha value is -1.54. The lowest BCUT2D eigenvalue weighted by molar-refractivity contribution is -0.870. The summed E-state index contributed by atoms with van der Waals surface area (Å²) in [6, 6.07) is -0.869. The SMILES string of the molecule is CCCCCCCC/C=C/CC/C=C/CC/C=C/C(O)C(COP(=O)(O)OCC[N+](C)(C)C)NC(=O)CCCCCCCCCCCCCCCCCCCCCCCCCCCCCCC/C=C\CCCCCCCCCC. The van der Waals surface area contributed by atoms with Crippen LogP contribution in [0.4, 0.5) is 0 Å². The Morgan fingerprint density at radius 3 is 1.01 bits per heavy atom. The normalized spacial score (nSPS) is 14.0. The van der Waals surface area contributed by atoms with E-state index in [4.69, 9.17) is 9.05 Å². The molecule has 0 fully saturated rings. The van der Waals surface area contributed by atoms with Gasteiger partial charge in [-0.1, -0.05) is 313 Å². The Morgan fingerprint density at radius 1 is 0.418 bits per heavy atom. The van der Waals surface area contributed by atoms with E-state index in [1.165, 1.54) is 276 Å². The van der Waals surface area contributed by atoms with E-state index >= 15 is 0 Å². The number of phosphoric ester groups is 1. The molecule has 3 unspecified atom stereocenters. The molecule has 3 atom stereocenters. The number of unbranched alkanes of at least 4 members (excludes halogenated alkanes) is 45. The highest BCUT2D eigenvalue weighted by atomic mass is 31.2. The van der Waals surface area contributed by atoms with Gasteiger partial charge in [0.25, 0.3) is 0 Å². The average molecular weight is 1130 g/mol. The monoisotopic (exact) mass is 1130 g/mol. The predicted molar refractivity (Wildman–Crippen MR) is 346 cm³/mol. The van der Waals surface area contributed by atoms with Crippen LogP contribution < -0.4 is 5.32 Å². The smallest absolute Gasteiger partial charge is 0.387 e. The zero-order chi connectivity index (χ0) is 57.7. The van der Waals surface area contributed by atoms with Gasteiger partial charge in [-0.2, -0.15) is 0 Å². The molecule has 9 heteroatoms. The predicted octanol–water partition coefficient (Wildman–Crippen LogP) is 21.8. The first kappa shape index (κ1) is 77.5. The number of allylic oxidation sites excluding steroid dienone is 7. The fraction of sp³-hybridized carbons (Fsp3) is 0.871. The summed E-state index contributed by atoms with van der Waals surface area (Å²) in [5.74, 6) is -0.186. The van der Waals surface area contributed by atoms with Crippen LogP contribution in [0.5, 0.6) is 0 Å². The van der Waals surface area contributed by atoms with Gasteiger partial charge in [-0.25, -0.2) is 4.57 Å². The number of quaternary nitrogens is 1. The molecule has 0 aromatic carbocycles. The van der Waals surface area contributed by atoms with Crippen molar-refractivity contribution in [3.8, 4) is 0 Å². The number of aliphatic hydroxyl groups excluding tert-OH is 1. The topological polar surface area (TPSA) is 105 Å². The molecular formula is C70H136N2O6P+. The molecule has 0 aliphatic carbocycles. The van der Waals surface area contributed by atoms with Gasteiger partial charge in [0.05, 0.1) is 39.9 Å². The quantitative estimate of drug-likeness (QED) is 0.0243. The molecule has 1 amide bonds. The van der Waals surface area contributed by atoms with Crippen LogP contribution in [0.15, 0.2) is 48.6 Å². The molecule has 0 bridgehead atoms. The van der Waals surface area contributed by atoms with Gasteiger partial charge in [0.1, 0.15) is 13.2 Å². The van der Waals surface area contributed by atoms with Crippen LogP contribution in [-0.2, 0) is 18.4 Å². The number of phosphoric acid groups is 1. The van der Waals surface area contributed by atoms with Crippen molar-refractivity contribution in [2.45, 2.75) is 353 Å². The number of nitrogens with one attached hydrogen (secondary N) is 1. The lowest BCUT2D eigenvalue weighted by Gasteiger charge is -2.25. The first-order valence-corrected chi connectivity index (χ1v) is 36.0. The average Bonchev–Trinajstić information content (AvgIpc) is 3.42. The van der Waals surface area contributed by atoms with Crippen LogP contribution in [-0.4, -0.2) is 73.4 Å². The Kier molecular flexibility index (Phi) is 59.8. The molecule has 0 saturated carbocycles. The summed E-state index contributed by atoms with van der Waals surface area (Å²) < 4.78 is 23.7. The van der Waals surface area contributed by atoms with Gasteiger partial charge in [0.2, 0.25) is 5.91 Å². The van der Waals surface area contributed by atoms with Crippen molar-refractivity contribution in [3.05, 3.63) is 48.6 Å². The summed E-state index contributed by atoms with van der Waals surface area (Å²) >= 11 is 0. The molecule has 466 valence electrons. The molecule has 79 heavy (non-hydrogen) atoms. The molecular weight excluding hydrogens is 996 g/mol. The van der Waals surface area contributed by atoms with E-state index in [0.29, 0.717) is 17.4 Å². The van der Waals surface area contributed by atoms with Crippen molar-refractivity contribution in [2.24, 2.45) is 0 Å². The molecule has 0 heterocycles. The van der Waals surface area contributed by atoms with Crippen molar-refractivity contribution in [3.63, 3.8) is 0 Å². The number of likely N-dealkylation sites (N-methyl/N-ethyl adjacent to an activating group) is 1. The van der Waals surface area contributed by atoms with Crippen LogP contribution in [0.25, 0.3) is 0 Å². The van der Waals surface area contributed by atoms with E-state index in [1.807, 2.05) is 27.2 Å². The van der Waals surface area contributed by atoms with E-state index in [2.05, 4.69) is 55.6 Å². The van der Waals surface area contributed by atoms with Crippen molar-refractivity contribution >= 4 is 13.7 Å². The zero-order valence-electron chi connectivity index (χ0n) is 53.4. The fourth-order valence-electron chi connectivity index (χ4n) is 10.4. The highest BCUT2D eigenvalue weighted by molar-refractivity contribution is 7.47. The van der Waals surface area contributed by atoms with Gasteiger partial charge < -0.3 is 19.8 Å². The molecule has 3 N–H and O–H groups in total. The summed E-state index contributed by atoms with van der Waals surface area (Å²) in [6.07, 6.45) is 82.9. The Bertz CT molecular complexity index is 1430. The second-order valence-corrected chi connectivity index (χ2v) is 26.3. The number of nitrogens with zero attached hydrogens (tertiary/aromatic N) is 1. The summed E-state index contributed by atoms with van der Waals surface area (Å²) in [6.45, 7) is 4.81. The van der Waals surface area contributed by atoms with Gasteiger partial charge in [-0.15, -0.1) is 0 Å². The summed E-state index contributed by atoms with van der Waals surface area (Å²) in [5.41, 5.74) is 0. The molecule has 8 nitrogen and oxygen atoms in total. The van der Waals surface area contributed by atoms with Gasteiger partial charge in [0.15, 0.2) is 0 Å². The van der Waals surface area contributed by atoms with Crippen LogP contribution in [0.3, 0.4) is 0 Å². The highest BCUT2D eigenvalue weighted by Gasteiger charge is 2.28. The van der Waals surface area contributed by atoms with Crippen LogP contribution >= 0.6 is 7.82 Å². The lowest BCUT2D eigenvalue weighted by atomic mass is 10.0. The van der Waals surface area contributed by atoms with Crippen LogP contribution in [0, 0.1) is 0 Å². The van der Waals surface area contributed by atoms with E-state index in [0.717, 1.165) is 44.9 Å². The molecule has 0 aromatic rings. The van der Waals surface area contributed by atoms with E-state index in [-0.39, 0.29) is 19.1 Å². The van der Waals surface area contributed by atoms with Crippen molar-refractivity contribution in [1.29, 1.82) is 0 Å². The maximum absolute atomic E-state index is 13.0. The van der Waals surface area contributed by atoms with Crippen molar-refractivity contribution in [2.75, 3.05) is 40.9 Å². The summed E-state index contributed by atoms with van der Waals surface area (Å²) in [7, 11) is 1.56. The number of hydrogen-bond donors (Lipinski definition) is 3. The minimum absolute atomic E-state index is 0.0545. The number of aliphatic hydroxyl groups is 1. The molecule has 0 saturated heterocycles. The largest absolute Gasteiger partial charge is 0.472 e. The Labute approximate surface area is 492 Å². The first-order valence-electron chi connectivity index (χ1n) is 34.5. The molecule has 0 aliphatic heterocycles. The molecule has 0 spiro atoms. The number of rotatable bonds is 64. The van der Waals surface area contributed by atoms with E-state index in [1.54, 1.807) is 6.08 Å². The van der Waals surface area contributed by atoms with Gasteiger partial charge in [-0.05, 0) is 70.6 Å².